The van der Waals surface area contributed by atoms with E-state index in [-0.39, 0.29) is 5.56 Å². The second-order valence-corrected chi connectivity index (χ2v) is 5.03. The molecule has 1 N–H and O–H groups in total. The Balaban J connectivity index is 2.29. The summed E-state index contributed by atoms with van der Waals surface area (Å²) in [4.78, 5) is 15.0. The minimum Gasteiger partial charge on any atom is -0.321 e. The fourth-order valence-corrected chi connectivity index (χ4v) is 2.37. The number of benzene rings is 2. The van der Waals surface area contributed by atoms with E-state index in [1.54, 1.807) is 0 Å². The van der Waals surface area contributed by atoms with Crippen LogP contribution in [0.1, 0.15) is 0 Å². The molecule has 0 aliphatic heterocycles. The molecule has 0 radical (unpaired) electrons. The summed E-state index contributed by atoms with van der Waals surface area (Å²) in [6.45, 7) is 0. The molecule has 1 aromatic heterocycles. The highest BCUT2D eigenvalue weighted by molar-refractivity contribution is 9.10. The molecule has 3 heteroatoms. The molecule has 2 nitrogen and oxygen atoms in total. The van der Waals surface area contributed by atoms with Gasteiger partial charge in [-0.2, -0.15) is 0 Å². The van der Waals surface area contributed by atoms with Gasteiger partial charge < -0.3 is 4.98 Å². The van der Waals surface area contributed by atoms with Crippen molar-refractivity contribution in [2.75, 3.05) is 0 Å². The maximum atomic E-state index is 12.1. The van der Waals surface area contributed by atoms with Crippen molar-refractivity contribution in [3.05, 3.63) is 69.4 Å². The molecule has 3 rings (SSSR count). The number of fused-ring (bicyclic) bond motifs is 1. The first kappa shape index (κ1) is 11.2. The van der Waals surface area contributed by atoms with Crippen LogP contribution in [0.2, 0.25) is 0 Å². The number of aromatic amines is 1. The fraction of sp³-hybridized carbons (Fsp3) is 0. The Bertz CT molecular complexity index is 762. The van der Waals surface area contributed by atoms with E-state index < -0.39 is 0 Å². The largest absolute Gasteiger partial charge is 0.321 e. The first-order chi connectivity index (χ1) is 8.74. The van der Waals surface area contributed by atoms with Crippen molar-refractivity contribution < 1.29 is 0 Å². The van der Waals surface area contributed by atoms with E-state index in [0.29, 0.717) is 5.56 Å². The van der Waals surface area contributed by atoms with Gasteiger partial charge in [-0.15, -0.1) is 0 Å². The number of pyridine rings is 1. The summed E-state index contributed by atoms with van der Waals surface area (Å²) in [5.41, 5.74) is 2.41. The second-order valence-electron chi connectivity index (χ2n) is 4.11. The monoisotopic (exact) mass is 299 g/mol. The molecule has 0 atom stereocenters. The van der Waals surface area contributed by atoms with Gasteiger partial charge in [-0.05, 0) is 29.1 Å². The molecule has 3 aromatic rings. The number of hydrogen-bond donors (Lipinski definition) is 1. The average Bonchev–Trinajstić information content (AvgIpc) is 2.39. The lowest BCUT2D eigenvalue weighted by Crippen LogP contribution is -2.08. The van der Waals surface area contributed by atoms with Gasteiger partial charge in [0.25, 0.3) is 5.56 Å². The van der Waals surface area contributed by atoms with Crippen LogP contribution in [0.5, 0.6) is 0 Å². The van der Waals surface area contributed by atoms with Gasteiger partial charge in [0.1, 0.15) is 0 Å². The van der Waals surface area contributed by atoms with E-state index in [1.807, 2.05) is 54.6 Å². The highest BCUT2D eigenvalue weighted by Gasteiger charge is 2.05. The summed E-state index contributed by atoms with van der Waals surface area (Å²) in [5.74, 6) is 0. The number of halogens is 1. The summed E-state index contributed by atoms with van der Waals surface area (Å²) in [7, 11) is 0. The molecule has 1 heterocycles. The molecule has 0 aliphatic rings. The number of rotatable bonds is 1. The van der Waals surface area contributed by atoms with Crippen molar-refractivity contribution in [1.29, 1.82) is 0 Å². The van der Waals surface area contributed by atoms with Crippen molar-refractivity contribution in [2.45, 2.75) is 0 Å². The van der Waals surface area contributed by atoms with Gasteiger partial charge in [-0.1, -0.05) is 52.3 Å². The zero-order chi connectivity index (χ0) is 12.5. The third-order valence-electron chi connectivity index (χ3n) is 2.89. The molecule has 0 fully saturated rings. The Morgan fingerprint density at radius 1 is 0.944 bits per heavy atom. The van der Waals surface area contributed by atoms with Crippen LogP contribution in [0, 0.1) is 0 Å². The summed E-state index contributed by atoms with van der Waals surface area (Å²) in [6, 6.07) is 17.5. The lowest BCUT2D eigenvalue weighted by Gasteiger charge is -2.03. The summed E-state index contributed by atoms with van der Waals surface area (Å²) in [6.07, 6.45) is 0. The van der Waals surface area contributed by atoms with E-state index in [0.717, 1.165) is 20.9 Å². The molecule has 0 aliphatic carbocycles. The topological polar surface area (TPSA) is 32.9 Å². The second kappa shape index (κ2) is 4.42. The summed E-state index contributed by atoms with van der Waals surface area (Å²) >= 11 is 3.40. The smallest absolute Gasteiger partial charge is 0.256 e. The van der Waals surface area contributed by atoms with E-state index in [9.17, 15) is 4.79 Å². The predicted octanol–water partition coefficient (Wildman–Crippen LogP) is 3.96. The first-order valence-electron chi connectivity index (χ1n) is 5.62. The third-order valence-corrected chi connectivity index (χ3v) is 3.39. The number of hydrogen-bond acceptors (Lipinski definition) is 1. The minimum absolute atomic E-state index is 0.0631. The molecular weight excluding hydrogens is 290 g/mol. The minimum atomic E-state index is -0.0631. The average molecular weight is 300 g/mol. The molecule has 0 unspecified atom stereocenters. The molecule has 0 saturated carbocycles. The number of H-pyrrole nitrogens is 1. The van der Waals surface area contributed by atoms with Crippen molar-refractivity contribution >= 4 is 26.8 Å². The quantitative estimate of drug-likeness (QED) is 0.725. The van der Waals surface area contributed by atoms with E-state index in [1.165, 1.54) is 0 Å². The van der Waals surface area contributed by atoms with Crippen LogP contribution in [0.15, 0.2) is 63.9 Å². The maximum absolute atomic E-state index is 12.1. The Morgan fingerprint density at radius 2 is 1.72 bits per heavy atom. The van der Waals surface area contributed by atoms with Crippen molar-refractivity contribution in [3.8, 4) is 11.1 Å². The highest BCUT2D eigenvalue weighted by atomic mass is 79.9. The third kappa shape index (κ3) is 1.97. The van der Waals surface area contributed by atoms with Gasteiger partial charge in [0.05, 0.1) is 0 Å². The zero-order valence-electron chi connectivity index (χ0n) is 9.48. The highest BCUT2D eigenvalue weighted by Crippen LogP contribution is 2.21. The Morgan fingerprint density at radius 3 is 2.50 bits per heavy atom. The number of aromatic nitrogens is 1. The Hall–Kier alpha value is -1.87. The summed E-state index contributed by atoms with van der Waals surface area (Å²) < 4.78 is 0.957. The van der Waals surface area contributed by atoms with E-state index >= 15 is 0 Å². The molecule has 0 bridgehead atoms. The lowest BCUT2D eigenvalue weighted by atomic mass is 10.1. The normalized spacial score (nSPS) is 10.7. The van der Waals surface area contributed by atoms with Gasteiger partial charge >= 0.3 is 0 Å². The number of nitrogens with one attached hydrogen (secondary N) is 1. The fourth-order valence-electron chi connectivity index (χ4n) is 2.01. The van der Waals surface area contributed by atoms with Gasteiger partial charge in [0, 0.05) is 15.6 Å². The van der Waals surface area contributed by atoms with Gasteiger partial charge in [-0.3, -0.25) is 4.79 Å². The molecule has 2 aromatic carbocycles. The Labute approximate surface area is 112 Å². The standard InChI is InChI=1S/C15H10BrNO/c16-12-7-6-11-8-13(10-4-2-1-3-5-10)15(18)17-14(11)9-12/h1-9H,(H,17,18). The van der Waals surface area contributed by atoms with Crippen molar-refractivity contribution in [3.63, 3.8) is 0 Å². The van der Waals surface area contributed by atoms with Gasteiger partial charge in [0.2, 0.25) is 0 Å². The van der Waals surface area contributed by atoms with Crippen LogP contribution >= 0.6 is 15.9 Å². The molecule has 18 heavy (non-hydrogen) atoms. The predicted molar refractivity (Wildman–Crippen MR) is 77.7 cm³/mol. The van der Waals surface area contributed by atoms with Crippen LogP contribution in [0.25, 0.3) is 22.0 Å². The van der Waals surface area contributed by atoms with Crippen LogP contribution in [0.4, 0.5) is 0 Å². The van der Waals surface area contributed by atoms with Crippen LogP contribution in [-0.4, -0.2) is 4.98 Å². The van der Waals surface area contributed by atoms with Crippen molar-refractivity contribution in [1.82, 2.24) is 4.98 Å². The van der Waals surface area contributed by atoms with Gasteiger partial charge in [-0.25, -0.2) is 0 Å². The molecule has 0 amide bonds. The first-order valence-corrected chi connectivity index (χ1v) is 6.41. The molecule has 88 valence electrons. The molecular formula is C15H10BrNO. The lowest BCUT2D eigenvalue weighted by molar-refractivity contribution is 1.30. The van der Waals surface area contributed by atoms with Crippen molar-refractivity contribution in [2.24, 2.45) is 0 Å². The Kier molecular flexibility index (Phi) is 2.76. The van der Waals surface area contributed by atoms with E-state index in [2.05, 4.69) is 20.9 Å². The zero-order valence-corrected chi connectivity index (χ0v) is 11.1. The molecule has 0 saturated heterocycles. The van der Waals surface area contributed by atoms with Crippen LogP contribution in [-0.2, 0) is 0 Å². The summed E-state index contributed by atoms with van der Waals surface area (Å²) in [5, 5.41) is 1.02. The maximum Gasteiger partial charge on any atom is 0.256 e. The van der Waals surface area contributed by atoms with Crippen LogP contribution < -0.4 is 5.56 Å². The molecule has 0 spiro atoms. The SMILES string of the molecule is O=c1[nH]c2cc(Br)ccc2cc1-c1ccccc1. The van der Waals surface area contributed by atoms with Gasteiger partial charge in [0.15, 0.2) is 0 Å². The van der Waals surface area contributed by atoms with E-state index in [4.69, 9.17) is 0 Å². The van der Waals surface area contributed by atoms with Crippen LogP contribution in [0.3, 0.4) is 0 Å².